The number of anilines is 1. The summed E-state index contributed by atoms with van der Waals surface area (Å²) in [5, 5.41) is 14.8. The van der Waals surface area contributed by atoms with Gasteiger partial charge < -0.3 is 10.6 Å². The molecule has 10 heteroatoms. The van der Waals surface area contributed by atoms with E-state index >= 15 is 4.39 Å². The molecule has 3 aromatic rings. The Morgan fingerprint density at radius 3 is 2.40 bits per heavy atom. The van der Waals surface area contributed by atoms with Gasteiger partial charge in [-0.25, -0.2) is 9.18 Å². The fraction of sp³-hybridized carbons (Fsp3) is 0.433. The van der Waals surface area contributed by atoms with Crippen LogP contribution in [0.4, 0.5) is 10.1 Å². The second-order valence-corrected chi connectivity index (χ2v) is 11.3. The highest BCUT2D eigenvalue weighted by Crippen LogP contribution is 2.34. The number of carbonyl (C=O) groups excluding carboxylic acids is 2. The summed E-state index contributed by atoms with van der Waals surface area (Å²) in [7, 11) is 0. The van der Waals surface area contributed by atoms with Crippen molar-refractivity contribution in [2.24, 2.45) is 5.92 Å². The molecular formula is C30H32FN5O4. The van der Waals surface area contributed by atoms with Crippen molar-refractivity contribution in [3.05, 3.63) is 74.2 Å². The quantitative estimate of drug-likeness (QED) is 0.438. The largest absolute Gasteiger partial charge is 0.346 e. The van der Waals surface area contributed by atoms with Gasteiger partial charge in [-0.2, -0.15) is 5.26 Å². The fourth-order valence-corrected chi connectivity index (χ4v) is 5.62. The normalized spacial score (nSPS) is 16.2. The Labute approximate surface area is 230 Å². The van der Waals surface area contributed by atoms with Crippen LogP contribution in [0.2, 0.25) is 0 Å². The van der Waals surface area contributed by atoms with Gasteiger partial charge in [0.2, 0.25) is 5.91 Å². The number of hydrogen-bond acceptors (Lipinski definition) is 5. The lowest BCUT2D eigenvalue weighted by Gasteiger charge is -2.30. The van der Waals surface area contributed by atoms with Gasteiger partial charge >= 0.3 is 5.69 Å². The van der Waals surface area contributed by atoms with Gasteiger partial charge in [0.1, 0.15) is 5.82 Å². The summed E-state index contributed by atoms with van der Waals surface area (Å²) in [5.41, 5.74) is -0.892. The summed E-state index contributed by atoms with van der Waals surface area (Å²) in [4.78, 5) is 52.6. The lowest BCUT2D eigenvalue weighted by molar-refractivity contribution is -0.117. The van der Waals surface area contributed by atoms with Crippen LogP contribution in [-0.4, -0.2) is 26.5 Å². The van der Waals surface area contributed by atoms with Crippen molar-refractivity contribution in [2.75, 3.05) is 5.32 Å². The standard InChI is InChI=1S/C30H32FN5O4/c1-18(2)36-25-14-23(31)24(13-22(25)28(39)35(29(36)40)17-20-5-6-20)33-26(37)15-30(11-3-4-12-30)34-27(38)21-9-7-19(16-32)8-10-21/h7-10,13-14,18,20H,3-6,11-12,15,17H2,1-2H3,(H,33,37)(H,34,38). The molecule has 0 radical (unpaired) electrons. The third-order valence-corrected chi connectivity index (χ3v) is 7.90. The van der Waals surface area contributed by atoms with Crippen molar-refractivity contribution < 1.29 is 14.0 Å². The predicted octanol–water partition coefficient (Wildman–Crippen LogP) is 4.24. The molecule has 1 heterocycles. The lowest BCUT2D eigenvalue weighted by atomic mass is 9.92. The molecule has 2 N–H and O–H groups in total. The molecule has 0 atom stereocenters. The highest BCUT2D eigenvalue weighted by Gasteiger charge is 2.38. The molecular weight excluding hydrogens is 513 g/mol. The van der Waals surface area contributed by atoms with Gasteiger partial charge in [-0.05, 0) is 75.8 Å². The number of rotatable bonds is 8. The van der Waals surface area contributed by atoms with E-state index in [2.05, 4.69) is 10.6 Å². The molecule has 0 unspecified atom stereocenters. The van der Waals surface area contributed by atoms with E-state index in [4.69, 9.17) is 5.26 Å². The number of benzene rings is 2. The van der Waals surface area contributed by atoms with Crippen molar-refractivity contribution in [1.29, 1.82) is 5.26 Å². The zero-order valence-electron chi connectivity index (χ0n) is 22.6. The first kappa shape index (κ1) is 27.3. The van der Waals surface area contributed by atoms with Crippen LogP contribution in [0, 0.1) is 23.1 Å². The molecule has 9 nitrogen and oxygen atoms in total. The predicted molar refractivity (Wildman–Crippen MR) is 149 cm³/mol. The van der Waals surface area contributed by atoms with Crippen LogP contribution in [0.25, 0.3) is 10.9 Å². The molecule has 2 aromatic carbocycles. The Morgan fingerprint density at radius 1 is 1.12 bits per heavy atom. The van der Waals surface area contributed by atoms with Gasteiger partial charge in [0, 0.05) is 29.8 Å². The first-order chi connectivity index (χ1) is 19.1. The molecule has 2 aliphatic carbocycles. The zero-order valence-corrected chi connectivity index (χ0v) is 22.6. The Hall–Kier alpha value is -4.26. The van der Waals surface area contributed by atoms with Gasteiger partial charge in [0.25, 0.3) is 11.5 Å². The molecule has 0 saturated heterocycles. The summed E-state index contributed by atoms with van der Waals surface area (Å²) in [6, 6.07) is 10.4. The number of carbonyl (C=O) groups is 2. The highest BCUT2D eigenvalue weighted by atomic mass is 19.1. The minimum absolute atomic E-state index is 0.0656. The molecule has 0 aliphatic heterocycles. The van der Waals surface area contributed by atoms with E-state index in [9.17, 15) is 19.2 Å². The molecule has 5 rings (SSSR count). The fourth-order valence-electron chi connectivity index (χ4n) is 5.62. The van der Waals surface area contributed by atoms with E-state index in [1.54, 1.807) is 38.1 Å². The topological polar surface area (TPSA) is 126 Å². The van der Waals surface area contributed by atoms with Crippen LogP contribution in [0.3, 0.4) is 0 Å². The van der Waals surface area contributed by atoms with E-state index in [1.807, 2.05) is 6.07 Å². The zero-order chi connectivity index (χ0) is 28.6. The number of nitriles is 1. The van der Waals surface area contributed by atoms with Crippen molar-refractivity contribution in [1.82, 2.24) is 14.5 Å². The summed E-state index contributed by atoms with van der Waals surface area (Å²) in [5.74, 6) is -1.31. The second kappa shape index (κ2) is 10.7. The van der Waals surface area contributed by atoms with Gasteiger partial charge in [-0.3, -0.25) is 23.5 Å². The van der Waals surface area contributed by atoms with E-state index in [0.29, 0.717) is 30.5 Å². The summed E-state index contributed by atoms with van der Waals surface area (Å²) in [6.45, 7) is 3.92. The summed E-state index contributed by atoms with van der Waals surface area (Å²) in [6.07, 6.45) is 4.70. The van der Waals surface area contributed by atoms with Gasteiger partial charge in [0.05, 0.1) is 34.6 Å². The van der Waals surface area contributed by atoms with Crippen LogP contribution < -0.4 is 21.9 Å². The number of halogens is 1. The molecule has 1 aromatic heterocycles. The van der Waals surface area contributed by atoms with E-state index < -0.39 is 28.5 Å². The summed E-state index contributed by atoms with van der Waals surface area (Å²) < 4.78 is 17.9. The number of amides is 2. The number of hydrogen-bond donors (Lipinski definition) is 2. The Bertz CT molecular complexity index is 1640. The molecule has 2 fully saturated rings. The molecule has 0 spiro atoms. The maximum atomic E-state index is 15.3. The van der Waals surface area contributed by atoms with Crippen molar-refractivity contribution in [3.8, 4) is 6.07 Å². The van der Waals surface area contributed by atoms with Crippen molar-refractivity contribution in [3.63, 3.8) is 0 Å². The average molecular weight is 546 g/mol. The van der Waals surface area contributed by atoms with E-state index in [0.717, 1.165) is 31.7 Å². The highest BCUT2D eigenvalue weighted by molar-refractivity contribution is 5.97. The third kappa shape index (κ3) is 5.41. The van der Waals surface area contributed by atoms with Gasteiger partial charge in [-0.1, -0.05) is 12.8 Å². The molecule has 0 bridgehead atoms. The molecule has 40 heavy (non-hydrogen) atoms. The van der Waals surface area contributed by atoms with Crippen LogP contribution >= 0.6 is 0 Å². The number of fused-ring (bicyclic) bond motifs is 1. The first-order valence-corrected chi connectivity index (χ1v) is 13.7. The Balaban J connectivity index is 1.41. The molecule has 2 amide bonds. The van der Waals surface area contributed by atoms with Crippen LogP contribution in [0.5, 0.6) is 0 Å². The first-order valence-electron chi connectivity index (χ1n) is 13.7. The molecule has 2 saturated carbocycles. The second-order valence-electron chi connectivity index (χ2n) is 11.3. The third-order valence-electron chi connectivity index (χ3n) is 7.90. The van der Waals surface area contributed by atoms with E-state index in [1.165, 1.54) is 15.2 Å². The average Bonchev–Trinajstić information content (AvgIpc) is 3.64. The van der Waals surface area contributed by atoms with Gasteiger partial charge in [-0.15, -0.1) is 0 Å². The summed E-state index contributed by atoms with van der Waals surface area (Å²) >= 11 is 0. The minimum Gasteiger partial charge on any atom is -0.346 e. The van der Waals surface area contributed by atoms with Crippen LogP contribution in [0.1, 0.15) is 80.8 Å². The van der Waals surface area contributed by atoms with E-state index in [-0.39, 0.29) is 40.9 Å². The Morgan fingerprint density at radius 2 is 1.80 bits per heavy atom. The number of nitrogens with one attached hydrogen (secondary N) is 2. The molecule has 208 valence electrons. The lowest BCUT2D eigenvalue weighted by Crippen LogP contribution is -2.48. The molecule has 2 aliphatic rings. The monoisotopic (exact) mass is 545 g/mol. The maximum absolute atomic E-state index is 15.3. The van der Waals surface area contributed by atoms with Gasteiger partial charge in [0.15, 0.2) is 0 Å². The van der Waals surface area contributed by atoms with Crippen molar-refractivity contribution >= 4 is 28.4 Å². The van der Waals surface area contributed by atoms with Crippen LogP contribution in [-0.2, 0) is 11.3 Å². The smallest absolute Gasteiger partial charge is 0.331 e. The number of aromatic nitrogens is 2. The Kier molecular flexibility index (Phi) is 7.32. The maximum Gasteiger partial charge on any atom is 0.331 e. The SMILES string of the molecule is CC(C)n1c(=O)n(CC2CC2)c(=O)c2cc(NC(=O)CC3(NC(=O)c4ccc(C#N)cc4)CCCC3)c(F)cc21. The number of nitrogens with zero attached hydrogens (tertiary/aromatic N) is 3. The van der Waals surface area contributed by atoms with Crippen molar-refractivity contribution in [2.45, 2.75) is 76.9 Å². The minimum atomic E-state index is -0.794. The van der Waals surface area contributed by atoms with Crippen LogP contribution in [0.15, 0.2) is 46.0 Å².